The van der Waals surface area contributed by atoms with Gasteiger partial charge in [0.1, 0.15) is 5.78 Å². The molecule has 0 aliphatic rings. The summed E-state index contributed by atoms with van der Waals surface area (Å²) in [5.74, 6) is 0.189. The summed E-state index contributed by atoms with van der Waals surface area (Å²) >= 11 is 1.70. The lowest BCUT2D eigenvalue weighted by atomic mass is 10.0. The third-order valence-corrected chi connectivity index (χ3v) is 7.39. The lowest BCUT2D eigenvalue weighted by molar-refractivity contribution is -0.118. The van der Waals surface area contributed by atoms with E-state index in [0.717, 1.165) is 32.8 Å². The van der Waals surface area contributed by atoms with Gasteiger partial charge in [-0.3, -0.25) is 9.78 Å². The van der Waals surface area contributed by atoms with Crippen LogP contribution in [0.1, 0.15) is 17.5 Å². The summed E-state index contributed by atoms with van der Waals surface area (Å²) in [6.07, 6.45) is 7.15. The van der Waals surface area contributed by atoms with Crippen LogP contribution in [-0.4, -0.2) is 21.2 Å². The standard InChI is InChI=1S/C28H26N2O2S2/c1-33-26-16-11-23(12-17-26)27-6-2-3-7-28(27)34(32)30-24-13-8-21(9-14-24)19-25(31)15-10-22-5-4-18-29-20-22/h2-9,11-14,16-18,20,30H,10,15,19H2,1H3. The molecule has 4 aromatic rings. The fourth-order valence-corrected chi connectivity index (χ4v) is 5.09. The number of aryl methyl sites for hydroxylation is 1. The molecule has 0 radical (unpaired) electrons. The molecule has 6 heteroatoms. The predicted octanol–water partition coefficient (Wildman–Crippen LogP) is 6.35. The molecule has 0 spiro atoms. The van der Waals surface area contributed by atoms with Crippen molar-refractivity contribution in [2.75, 3.05) is 11.0 Å². The van der Waals surface area contributed by atoms with E-state index in [9.17, 15) is 9.00 Å². The van der Waals surface area contributed by atoms with Crippen LogP contribution in [0.25, 0.3) is 11.1 Å². The van der Waals surface area contributed by atoms with Crippen LogP contribution in [0.3, 0.4) is 0 Å². The number of nitrogens with zero attached hydrogens (tertiary/aromatic N) is 1. The average Bonchev–Trinajstić information content (AvgIpc) is 2.89. The highest BCUT2D eigenvalue weighted by Crippen LogP contribution is 2.28. The molecule has 1 aromatic heterocycles. The van der Waals surface area contributed by atoms with E-state index in [0.29, 0.717) is 19.3 Å². The molecule has 0 amide bonds. The zero-order chi connectivity index (χ0) is 23.8. The van der Waals surface area contributed by atoms with Crippen molar-refractivity contribution in [3.8, 4) is 11.1 Å². The second-order valence-electron chi connectivity index (χ2n) is 7.87. The van der Waals surface area contributed by atoms with Crippen LogP contribution in [0, 0.1) is 0 Å². The Hall–Kier alpha value is -3.22. The minimum atomic E-state index is -1.42. The third kappa shape index (κ3) is 6.43. The monoisotopic (exact) mass is 486 g/mol. The highest BCUT2D eigenvalue weighted by molar-refractivity contribution is 7.98. The molecular formula is C28H26N2O2S2. The average molecular weight is 487 g/mol. The first kappa shape index (κ1) is 23.9. The Labute approximate surface area is 207 Å². The predicted molar refractivity (Wildman–Crippen MR) is 141 cm³/mol. The van der Waals surface area contributed by atoms with Gasteiger partial charge >= 0.3 is 0 Å². The number of hydrogen-bond donors (Lipinski definition) is 1. The minimum absolute atomic E-state index is 0.189. The van der Waals surface area contributed by atoms with E-state index in [1.54, 1.807) is 24.2 Å². The van der Waals surface area contributed by atoms with Crippen molar-refractivity contribution in [3.05, 3.63) is 108 Å². The molecule has 4 nitrogen and oxygen atoms in total. The zero-order valence-electron chi connectivity index (χ0n) is 18.9. The van der Waals surface area contributed by atoms with Crippen molar-refractivity contribution in [1.82, 2.24) is 4.98 Å². The number of carbonyl (C=O) groups excluding carboxylic acids is 1. The largest absolute Gasteiger partial charge is 0.301 e. The minimum Gasteiger partial charge on any atom is -0.301 e. The van der Waals surface area contributed by atoms with Gasteiger partial charge in [-0.15, -0.1) is 11.8 Å². The molecule has 0 bridgehead atoms. The maximum absolute atomic E-state index is 13.2. The molecule has 1 heterocycles. The highest BCUT2D eigenvalue weighted by atomic mass is 32.2. The topological polar surface area (TPSA) is 59.1 Å². The first-order chi connectivity index (χ1) is 16.6. The molecule has 0 aliphatic carbocycles. The smallest absolute Gasteiger partial charge is 0.150 e. The molecule has 3 aromatic carbocycles. The Morgan fingerprint density at radius 3 is 2.38 bits per heavy atom. The maximum atomic E-state index is 13.2. The number of nitrogens with one attached hydrogen (secondary N) is 1. The van der Waals surface area contributed by atoms with E-state index >= 15 is 0 Å². The molecule has 0 aliphatic heterocycles. The van der Waals surface area contributed by atoms with E-state index < -0.39 is 11.0 Å². The van der Waals surface area contributed by atoms with E-state index in [1.165, 1.54) is 4.90 Å². The van der Waals surface area contributed by atoms with E-state index in [2.05, 4.69) is 34.0 Å². The van der Waals surface area contributed by atoms with Crippen LogP contribution in [0.5, 0.6) is 0 Å². The van der Waals surface area contributed by atoms with Crippen LogP contribution in [-0.2, 0) is 28.6 Å². The van der Waals surface area contributed by atoms with Gasteiger partial charge in [-0.1, -0.05) is 48.5 Å². The fraction of sp³-hybridized carbons (Fsp3) is 0.143. The Morgan fingerprint density at radius 1 is 0.912 bits per heavy atom. The number of aromatic nitrogens is 1. The van der Waals surface area contributed by atoms with Gasteiger partial charge in [0.05, 0.1) is 4.90 Å². The Morgan fingerprint density at radius 2 is 1.68 bits per heavy atom. The van der Waals surface area contributed by atoms with Crippen LogP contribution >= 0.6 is 11.8 Å². The first-order valence-electron chi connectivity index (χ1n) is 11.0. The number of pyridine rings is 1. The number of anilines is 1. The second kappa shape index (κ2) is 11.8. The first-order valence-corrected chi connectivity index (χ1v) is 13.4. The Bertz CT molecular complexity index is 1260. The number of ketones is 1. The van der Waals surface area contributed by atoms with Gasteiger partial charge in [-0.2, -0.15) is 0 Å². The molecule has 172 valence electrons. The van der Waals surface area contributed by atoms with Crippen LogP contribution < -0.4 is 4.72 Å². The summed E-state index contributed by atoms with van der Waals surface area (Å²) in [5.41, 5.74) is 4.73. The number of Topliss-reactive ketones (excluding diaryl/α,β-unsaturated/α-hetero) is 1. The molecule has 0 saturated carbocycles. The van der Waals surface area contributed by atoms with Crippen molar-refractivity contribution in [2.45, 2.75) is 29.1 Å². The molecule has 1 atom stereocenters. The van der Waals surface area contributed by atoms with Gasteiger partial charge in [0.15, 0.2) is 11.0 Å². The van der Waals surface area contributed by atoms with Gasteiger partial charge in [0, 0.05) is 35.8 Å². The lowest BCUT2D eigenvalue weighted by Gasteiger charge is -2.12. The summed E-state index contributed by atoms with van der Waals surface area (Å²) in [6, 6.07) is 27.4. The van der Waals surface area contributed by atoms with Crippen molar-refractivity contribution >= 4 is 34.2 Å². The molecule has 4 rings (SSSR count). The van der Waals surface area contributed by atoms with Gasteiger partial charge in [-0.05, 0) is 71.3 Å². The Kier molecular flexibility index (Phi) is 8.28. The van der Waals surface area contributed by atoms with Crippen molar-refractivity contribution < 1.29 is 9.00 Å². The summed E-state index contributed by atoms with van der Waals surface area (Å²) < 4.78 is 16.2. The van der Waals surface area contributed by atoms with Crippen molar-refractivity contribution in [2.24, 2.45) is 0 Å². The van der Waals surface area contributed by atoms with Crippen LogP contribution in [0.4, 0.5) is 5.69 Å². The number of hydrogen-bond acceptors (Lipinski definition) is 4. The second-order valence-corrected chi connectivity index (χ2v) is 9.93. The van der Waals surface area contributed by atoms with Crippen molar-refractivity contribution in [1.29, 1.82) is 0 Å². The van der Waals surface area contributed by atoms with Crippen LogP contribution in [0.2, 0.25) is 0 Å². The van der Waals surface area contributed by atoms with Gasteiger partial charge in [0.2, 0.25) is 0 Å². The number of carbonyl (C=O) groups is 1. The quantitative estimate of drug-likeness (QED) is 0.265. The van der Waals surface area contributed by atoms with Crippen LogP contribution in [0.15, 0.2) is 107 Å². The maximum Gasteiger partial charge on any atom is 0.150 e. The normalized spacial score (nSPS) is 11.7. The highest BCUT2D eigenvalue weighted by Gasteiger charge is 2.12. The summed E-state index contributed by atoms with van der Waals surface area (Å²) in [6.45, 7) is 0. The summed E-state index contributed by atoms with van der Waals surface area (Å²) in [7, 11) is -1.42. The van der Waals surface area contributed by atoms with Crippen molar-refractivity contribution in [3.63, 3.8) is 0 Å². The summed E-state index contributed by atoms with van der Waals surface area (Å²) in [4.78, 5) is 18.4. The van der Waals surface area contributed by atoms with Gasteiger partial charge < -0.3 is 4.72 Å². The molecule has 0 fully saturated rings. The lowest BCUT2D eigenvalue weighted by Crippen LogP contribution is -2.07. The summed E-state index contributed by atoms with van der Waals surface area (Å²) in [5, 5.41) is 0. The van der Waals surface area contributed by atoms with Gasteiger partial charge in [-0.25, -0.2) is 4.21 Å². The number of thioether (sulfide) groups is 1. The number of rotatable bonds is 10. The van der Waals surface area contributed by atoms with E-state index in [1.807, 2.05) is 66.9 Å². The Balaban J connectivity index is 1.38. The van der Waals surface area contributed by atoms with Gasteiger partial charge in [0.25, 0.3) is 0 Å². The third-order valence-electron chi connectivity index (χ3n) is 5.47. The fourth-order valence-electron chi connectivity index (χ4n) is 3.64. The number of benzene rings is 3. The molecule has 34 heavy (non-hydrogen) atoms. The zero-order valence-corrected chi connectivity index (χ0v) is 20.6. The van der Waals surface area contributed by atoms with E-state index in [-0.39, 0.29) is 5.78 Å². The van der Waals surface area contributed by atoms with E-state index in [4.69, 9.17) is 0 Å². The molecule has 0 saturated heterocycles. The SMILES string of the molecule is CSc1ccc(-c2ccccc2S(=O)Nc2ccc(CC(=O)CCc3cccnc3)cc2)cc1. The molecule has 1 N–H and O–H groups in total. The molecule has 1 unspecified atom stereocenters. The molecular weight excluding hydrogens is 460 g/mol.